The van der Waals surface area contributed by atoms with Crippen LogP contribution in [0.25, 0.3) is 22.0 Å². The lowest BCUT2D eigenvalue weighted by Gasteiger charge is -2.20. The highest BCUT2D eigenvalue weighted by Gasteiger charge is 2.16. The molecule has 0 amide bonds. The maximum Gasteiger partial charge on any atom is 0.182 e. The third-order valence-electron chi connectivity index (χ3n) is 5.22. The lowest BCUT2D eigenvalue weighted by Crippen LogP contribution is -2.14. The molecule has 2 aromatic carbocycles. The van der Waals surface area contributed by atoms with E-state index in [1.165, 1.54) is 16.5 Å². The van der Waals surface area contributed by atoms with Crippen LogP contribution in [-0.2, 0) is 13.0 Å². The highest BCUT2D eigenvalue weighted by atomic mass is 17.2. The summed E-state index contributed by atoms with van der Waals surface area (Å²) in [5.41, 5.74) is 4.73. The zero-order valence-corrected chi connectivity index (χ0v) is 18.8. The molecule has 0 saturated heterocycles. The molecule has 4 nitrogen and oxygen atoms in total. The predicted molar refractivity (Wildman–Crippen MR) is 126 cm³/mol. The summed E-state index contributed by atoms with van der Waals surface area (Å²) < 4.78 is 2.33. The molecule has 0 unspecified atom stereocenters. The van der Waals surface area contributed by atoms with Gasteiger partial charge in [0.05, 0.1) is 0 Å². The number of pyridine rings is 1. The first-order valence-corrected chi connectivity index (χ1v) is 10.9. The lowest BCUT2D eigenvalue weighted by molar-refractivity contribution is -0.101. The molecular weight excluding hydrogens is 384 g/mol. The van der Waals surface area contributed by atoms with Gasteiger partial charge in [-0.25, -0.2) is 0 Å². The summed E-state index contributed by atoms with van der Waals surface area (Å²) in [6, 6.07) is 18.2. The van der Waals surface area contributed by atoms with Crippen LogP contribution in [0.1, 0.15) is 39.7 Å². The highest BCUT2D eigenvalue weighted by Crippen LogP contribution is 2.32. The Bertz CT molecular complexity index is 1160. The summed E-state index contributed by atoms with van der Waals surface area (Å²) in [4.78, 5) is 15.8. The van der Waals surface area contributed by atoms with E-state index in [1.807, 2.05) is 48.7 Å². The molecule has 0 spiro atoms. The maximum absolute atomic E-state index is 5.86. The molecule has 0 aliphatic carbocycles. The number of hydrogen-bond donors (Lipinski definition) is 0. The van der Waals surface area contributed by atoms with Crippen LogP contribution in [0.4, 0.5) is 0 Å². The van der Waals surface area contributed by atoms with Gasteiger partial charge in [-0.3, -0.25) is 14.8 Å². The minimum atomic E-state index is 0.217. The summed E-state index contributed by atoms with van der Waals surface area (Å²) in [5.74, 6) is 1.43. The van der Waals surface area contributed by atoms with E-state index < -0.39 is 0 Å². The molecule has 0 radical (unpaired) electrons. The van der Waals surface area contributed by atoms with E-state index in [1.54, 1.807) is 6.20 Å². The summed E-state index contributed by atoms with van der Waals surface area (Å²) in [6.07, 6.45) is 7.77. The van der Waals surface area contributed by atoms with Gasteiger partial charge >= 0.3 is 0 Å². The molecular formula is C27H30N2O2. The number of hydrogen-bond acceptors (Lipinski definition) is 3. The fourth-order valence-corrected chi connectivity index (χ4v) is 3.90. The van der Waals surface area contributed by atoms with Gasteiger partial charge in [0.25, 0.3) is 0 Å². The molecule has 31 heavy (non-hydrogen) atoms. The van der Waals surface area contributed by atoms with Gasteiger partial charge in [0.15, 0.2) is 11.5 Å². The van der Waals surface area contributed by atoms with Gasteiger partial charge in [0.1, 0.15) is 0 Å². The van der Waals surface area contributed by atoms with Gasteiger partial charge < -0.3 is 4.57 Å². The van der Waals surface area contributed by atoms with Crippen molar-refractivity contribution in [1.29, 1.82) is 0 Å². The van der Waals surface area contributed by atoms with Crippen molar-refractivity contribution in [2.24, 2.45) is 5.41 Å². The quantitative estimate of drug-likeness (QED) is 0.240. The highest BCUT2D eigenvalue weighted by molar-refractivity contribution is 5.86. The van der Waals surface area contributed by atoms with Crippen molar-refractivity contribution in [1.82, 2.24) is 9.55 Å². The number of rotatable bonds is 7. The summed E-state index contributed by atoms with van der Waals surface area (Å²) in [5, 5.41) is 1.23. The minimum Gasteiger partial charge on any atom is -0.347 e. The van der Waals surface area contributed by atoms with Crippen molar-refractivity contribution in [2.45, 2.75) is 47.1 Å². The van der Waals surface area contributed by atoms with Crippen LogP contribution in [0.15, 0.2) is 73.2 Å². The molecule has 0 atom stereocenters. The second-order valence-corrected chi connectivity index (χ2v) is 9.17. The largest absolute Gasteiger partial charge is 0.347 e. The van der Waals surface area contributed by atoms with Crippen LogP contribution in [0.3, 0.4) is 0 Å². The summed E-state index contributed by atoms with van der Waals surface area (Å²) in [7, 11) is 0. The maximum atomic E-state index is 5.86. The van der Waals surface area contributed by atoms with Crippen LogP contribution in [-0.4, -0.2) is 9.55 Å². The molecule has 4 heteroatoms. The van der Waals surface area contributed by atoms with E-state index in [9.17, 15) is 0 Å². The van der Waals surface area contributed by atoms with Gasteiger partial charge in [0, 0.05) is 47.2 Å². The Morgan fingerprint density at radius 2 is 1.77 bits per heavy atom. The zero-order valence-electron chi connectivity index (χ0n) is 18.8. The number of aromatic nitrogens is 2. The van der Waals surface area contributed by atoms with Gasteiger partial charge in [-0.15, -0.1) is 0 Å². The predicted octanol–water partition coefficient (Wildman–Crippen LogP) is 7.07. The number of benzene rings is 2. The van der Waals surface area contributed by atoms with Crippen molar-refractivity contribution in [3.63, 3.8) is 0 Å². The third kappa shape index (κ3) is 4.91. The first kappa shape index (κ1) is 21.0. The molecule has 4 rings (SSSR count). The molecule has 0 aliphatic heterocycles. The van der Waals surface area contributed by atoms with Crippen molar-refractivity contribution in [3.05, 3.63) is 78.8 Å². The van der Waals surface area contributed by atoms with Crippen LogP contribution in [0.5, 0.6) is 11.5 Å². The van der Waals surface area contributed by atoms with E-state index in [-0.39, 0.29) is 5.41 Å². The molecule has 2 aromatic heterocycles. The average molecular weight is 415 g/mol. The average Bonchev–Trinajstić information content (AvgIpc) is 3.15. The van der Waals surface area contributed by atoms with Crippen LogP contribution >= 0.6 is 0 Å². The second kappa shape index (κ2) is 8.84. The second-order valence-electron chi connectivity index (χ2n) is 9.17. The monoisotopic (exact) mass is 414 g/mol. The first-order chi connectivity index (χ1) is 14.9. The first-order valence-electron chi connectivity index (χ1n) is 10.9. The Hall–Kier alpha value is -3.27. The number of aryl methyl sites for hydroxylation is 1. The van der Waals surface area contributed by atoms with Crippen molar-refractivity contribution in [2.75, 3.05) is 0 Å². The molecule has 160 valence electrons. The Balaban J connectivity index is 1.59. The fourth-order valence-electron chi connectivity index (χ4n) is 3.90. The zero-order chi connectivity index (χ0) is 21.8. The Kier molecular flexibility index (Phi) is 5.99. The van der Waals surface area contributed by atoms with Gasteiger partial charge in [0.2, 0.25) is 0 Å². The van der Waals surface area contributed by atoms with Gasteiger partial charge in [-0.1, -0.05) is 52.3 Å². The normalized spacial score (nSPS) is 11.6. The minimum absolute atomic E-state index is 0.217. The molecule has 0 N–H and O–H groups in total. The molecule has 0 bridgehead atoms. The van der Waals surface area contributed by atoms with Crippen LogP contribution in [0.2, 0.25) is 0 Å². The van der Waals surface area contributed by atoms with E-state index in [4.69, 9.17) is 9.78 Å². The van der Waals surface area contributed by atoms with Crippen LogP contribution < -0.4 is 9.78 Å². The topological polar surface area (TPSA) is 36.3 Å². The fraction of sp³-hybridized carbons (Fsp3) is 0.296. The Morgan fingerprint density at radius 3 is 2.52 bits per heavy atom. The summed E-state index contributed by atoms with van der Waals surface area (Å²) in [6.45, 7) is 9.94. The van der Waals surface area contributed by atoms with E-state index >= 15 is 0 Å². The van der Waals surface area contributed by atoms with E-state index in [2.05, 4.69) is 55.6 Å². The van der Waals surface area contributed by atoms with Gasteiger partial charge in [-0.2, -0.15) is 0 Å². The van der Waals surface area contributed by atoms with Gasteiger partial charge in [-0.05, 0) is 53.8 Å². The summed E-state index contributed by atoms with van der Waals surface area (Å²) >= 11 is 0. The van der Waals surface area contributed by atoms with E-state index in [0.29, 0.717) is 5.75 Å². The van der Waals surface area contributed by atoms with Crippen molar-refractivity contribution < 1.29 is 9.78 Å². The standard InChI is InChI=1S/C27H30N2O2/c1-5-8-24-23-14-16-29(19-27(2,3)4)25(23)12-13-26(24)31-30-22-11-6-9-20(17-22)21-10-7-15-28-18-21/h6-7,9-18H,5,8,19H2,1-4H3. The van der Waals surface area contributed by atoms with Crippen LogP contribution in [0, 0.1) is 5.41 Å². The molecule has 0 aliphatic rings. The number of fused-ring (bicyclic) bond motifs is 1. The molecule has 4 aromatic rings. The van der Waals surface area contributed by atoms with Crippen molar-refractivity contribution in [3.8, 4) is 22.6 Å². The van der Waals surface area contributed by atoms with Crippen molar-refractivity contribution >= 4 is 10.9 Å². The lowest BCUT2D eigenvalue weighted by atomic mass is 9.97. The SMILES string of the molecule is CCCc1c(OOc2cccc(-c3cccnc3)c2)ccc2c1ccn2CC(C)(C)C. The number of nitrogens with zero attached hydrogens (tertiary/aromatic N) is 2. The van der Waals surface area contributed by atoms with E-state index in [0.717, 1.165) is 36.3 Å². The molecule has 2 heterocycles. The third-order valence-corrected chi connectivity index (χ3v) is 5.22. The molecule has 0 saturated carbocycles. The molecule has 0 fully saturated rings. The Labute approximate surface area is 184 Å². The smallest absolute Gasteiger partial charge is 0.182 e. The Morgan fingerprint density at radius 1 is 0.935 bits per heavy atom.